The third-order valence-electron chi connectivity index (χ3n) is 10.1. The molecule has 11 rings (SSSR count). The lowest BCUT2D eigenvalue weighted by Crippen LogP contribution is -1.90. The number of rotatable bonds is 4. The molecular formula is C52H32O. The molecule has 1 nitrogen and oxygen atoms in total. The Morgan fingerprint density at radius 3 is 1.60 bits per heavy atom. The molecule has 0 N–H and O–H groups in total. The molecule has 10 aromatic carbocycles. The molecule has 0 radical (unpaired) electrons. The second kappa shape index (κ2) is 11.8. The van der Waals surface area contributed by atoms with Crippen molar-refractivity contribution in [2.24, 2.45) is 0 Å². The van der Waals surface area contributed by atoms with Crippen molar-refractivity contribution < 1.29 is 22.2 Å². The molecule has 0 aliphatic heterocycles. The van der Waals surface area contributed by atoms with Gasteiger partial charge in [-0.25, -0.2) is 0 Å². The Morgan fingerprint density at radius 2 is 0.868 bits per heavy atom. The van der Waals surface area contributed by atoms with Crippen LogP contribution in [0.5, 0.6) is 0 Å². The fraction of sp³-hybridized carbons (Fsp3) is 0. The van der Waals surface area contributed by atoms with Crippen molar-refractivity contribution in [3.05, 3.63) is 194 Å². The van der Waals surface area contributed by atoms with E-state index in [-0.39, 0.29) is 32.7 Å². The van der Waals surface area contributed by atoms with Crippen LogP contribution in [0.4, 0.5) is 0 Å². The first-order valence-electron chi connectivity index (χ1n) is 23.7. The highest BCUT2D eigenvalue weighted by molar-refractivity contribution is 6.22. The average Bonchev–Trinajstić information content (AvgIpc) is 3.72. The maximum atomic E-state index is 9.30. The van der Waals surface area contributed by atoms with Gasteiger partial charge in [-0.1, -0.05) is 157 Å². The average molecular weight is 686 g/mol. The molecule has 0 atom stereocenters. The maximum absolute atomic E-state index is 9.30. The van der Waals surface area contributed by atoms with Gasteiger partial charge in [0, 0.05) is 10.8 Å². The molecule has 0 unspecified atom stereocenters. The van der Waals surface area contributed by atoms with Crippen molar-refractivity contribution in [2.75, 3.05) is 0 Å². The molecule has 53 heavy (non-hydrogen) atoms. The topological polar surface area (TPSA) is 13.1 Å². The van der Waals surface area contributed by atoms with E-state index in [0.717, 1.165) is 65.7 Å². The first-order chi connectivity index (χ1) is 31.7. The Hall–Kier alpha value is -6.96. The van der Waals surface area contributed by atoms with Gasteiger partial charge in [-0.05, 0) is 124 Å². The highest BCUT2D eigenvalue weighted by Crippen LogP contribution is 2.45. The second-order valence-electron chi connectivity index (χ2n) is 13.1. The van der Waals surface area contributed by atoms with Gasteiger partial charge in [0.05, 0.1) is 17.8 Å². The van der Waals surface area contributed by atoms with E-state index >= 15 is 0 Å². The molecule has 0 saturated carbocycles. The van der Waals surface area contributed by atoms with Crippen molar-refractivity contribution in [1.82, 2.24) is 0 Å². The molecule has 0 aliphatic carbocycles. The molecule has 246 valence electrons. The van der Waals surface area contributed by atoms with Gasteiger partial charge in [0.15, 0.2) is 0 Å². The van der Waals surface area contributed by atoms with Crippen LogP contribution in [0.1, 0.15) is 17.8 Å². The quantitative estimate of drug-likeness (QED) is 0.168. The van der Waals surface area contributed by atoms with Crippen LogP contribution in [-0.2, 0) is 0 Å². The summed E-state index contributed by atoms with van der Waals surface area (Å²) in [6, 6.07) is 29.8. The largest absolute Gasteiger partial charge is 0.456 e. The minimum Gasteiger partial charge on any atom is -0.456 e. The zero-order chi connectivity index (χ0) is 46.2. The number of hydrogen-bond acceptors (Lipinski definition) is 1. The van der Waals surface area contributed by atoms with E-state index in [1.165, 1.54) is 0 Å². The summed E-state index contributed by atoms with van der Waals surface area (Å²) in [6.07, 6.45) is 0. The fourth-order valence-corrected chi connectivity index (χ4v) is 7.72. The zero-order valence-electron chi connectivity index (χ0n) is 40.9. The Bertz CT molecular complexity index is 3880. The van der Waals surface area contributed by atoms with E-state index in [1.807, 2.05) is 60.7 Å². The lowest BCUT2D eigenvalue weighted by molar-refractivity contribution is 0.669. The van der Waals surface area contributed by atoms with Crippen LogP contribution in [0.15, 0.2) is 198 Å². The molecule has 11 aromatic rings. The third kappa shape index (κ3) is 4.79. The van der Waals surface area contributed by atoms with Gasteiger partial charge in [-0.15, -0.1) is 0 Å². The van der Waals surface area contributed by atoms with E-state index < -0.39 is 84.1 Å². The molecule has 0 saturated heterocycles. The van der Waals surface area contributed by atoms with Crippen molar-refractivity contribution in [3.63, 3.8) is 0 Å². The summed E-state index contributed by atoms with van der Waals surface area (Å²) < 4.78 is 122. The standard InChI is InChI=1S/C52H32O/c1-2-12-34(13-3-1)50-43-15-6-8-17-45(43)51(46-18-9-7-16-44(46)50)41-26-24-37-30-40(25-23-38(37)31-41)42-19-10-20-49-52(42)47-32-39(27-28-48(47)53-49)36-22-21-33-11-4-5-14-35(33)29-36/h1-32H/i1D,2D,3D,6D,7D,8D,9D,12D,13D,15D,16D,17D,18D. The minimum atomic E-state index is -0.713. The van der Waals surface area contributed by atoms with Gasteiger partial charge in [0.2, 0.25) is 0 Å². The summed E-state index contributed by atoms with van der Waals surface area (Å²) in [5, 5.41) is 5.01. The molecule has 0 aliphatic rings. The lowest BCUT2D eigenvalue weighted by Gasteiger charge is -2.18. The molecule has 0 bridgehead atoms. The van der Waals surface area contributed by atoms with E-state index in [0.29, 0.717) is 5.56 Å². The summed E-state index contributed by atoms with van der Waals surface area (Å²) >= 11 is 0. The smallest absolute Gasteiger partial charge is 0.136 e. The maximum Gasteiger partial charge on any atom is 0.136 e. The molecule has 0 amide bonds. The third-order valence-corrected chi connectivity index (χ3v) is 10.1. The molecule has 0 spiro atoms. The van der Waals surface area contributed by atoms with E-state index in [2.05, 4.69) is 42.5 Å². The van der Waals surface area contributed by atoms with Gasteiger partial charge in [0.1, 0.15) is 11.2 Å². The van der Waals surface area contributed by atoms with Gasteiger partial charge in [0.25, 0.3) is 0 Å². The zero-order valence-corrected chi connectivity index (χ0v) is 27.9. The number of furan rings is 1. The predicted molar refractivity (Wildman–Crippen MR) is 225 cm³/mol. The first kappa shape index (κ1) is 19.6. The Balaban J connectivity index is 1.15. The molecular weight excluding hydrogens is 641 g/mol. The fourth-order valence-electron chi connectivity index (χ4n) is 7.72. The summed E-state index contributed by atoms with van der Waals surface area (Å²) in [4.78, 5) is 0. The second-order valence-corrected chi connectivity index (χ2v) is 13.1. The minimum absolute atomic E-state index is 0.0814. The van der Waals surface area contributed by atoms with Gasteiger partial charge >= 0.3 is 0 Å². The summed E-state index contributed by atoms with van der Waals surface area (Å²) in [5.74, 6) is 0. The molecule has 0 fully saturated rings. The molecule has 1 heteroatoms. The summed E-state index contributed by atoms with van der Waals surface area (Å²) in [5.41, 5.74) is 5.16. The van der Waals surface area contributed by atoms with Crippen LogP contribution in [0.3, 0.4) is 0 Å². The summed E-state index contributed by atoms with van der Waals surface area (Å²) in [6.45, 7) is 0. The first-order valence-corrected chi connectivity index (χ1v) is 17.2. The highest BCUT2D eigenvalue weighted by Gasteiger charge is 2.18. The van der Waals surface area contributed by atoms with Crippen LogP contribution in [-0.4, -0.2) is 0 Å². The Labute approximate surface area is 325 Å². The molecule has 1 heterocycles. The van der Waals surface area contributed by atoms with Gasteiger partial charge in [-0.3, -0.25) is 0 Å². The predicted octanol–water partition coefficient (Wildman–Crippen LogP) is 14.9. The van der Waals surface area contributed by atoms with Crippen LogP contribution in [0, 0.1) is 0 Å². The Kier molecular flexibility index (Phi) is 4.36. The lowest BCUT2D eigenvalue weighted by atomic mass is 9.85. The number of hydrogen-bond donors (Lipinski definition) is 0. The van der Waals surface area contributed by atoms with Crippen molar-refractivity contribution in [3.8, 4) is 44.5 Å². The van der Waals surface area contributed by atoms with E-state index in [4.69, 9.17) is 16.8 Å². The van der Waals surface area contributed by atoms with Gasteiger partial charge < -0.3 is 4.42 Å². The number of benzene rings is 10. The van der Waals surface area contributed by atoms with Crippen molar-refractivity contribution >= 4 is 65.0 Å². The van der Waals surface area contributed by atoms with Crippen molar-refractivity contribution in [2.45, 2.75) is 0 Å². The SMILES string of the molecule is [2H]c1c([2H])c([2H])c(-c2c3c([2H])c([2H])c([2H])c([2H])c3c(-c3ccc4cc(-c5cccc6oc7ccc(-c8ccc9ccccc9c8)cc7c56)ccc4c3)c3c([2H])c([2H])c([2H])c([2H])c23)c([2H])c1[2H]. The van der Waals surface area contributed by atoms with Gasteiger partial charge in [-0.2, -0.15) is 0 Å². The van der Waals surface area contributed by atoms with Crippen LogP contribution >= 0.6 is 0 Å². The number of fused-ring (bicyclic) bond motifs is 7. The van der Waals surface area contributed by atoms with Crippen LogP contribution < -0.4 is 0 Å². The van der Waals surface area contributed by atoms with Crippen LogP contribution in [0.25, 0.3) is 110 Å². The van der Waals surface area contributed by atoms with E-state index in [1.54, 1.807) is 12.1 Å². The monoisotopic (exact) mass is 685 g/mol. The Morgan fingerprint density at radius 1 is 0.340 bits per heavy atom. The molecule has 1 aromatic heterocycles. The van der Waals surface area contributed by atoms with Crippen molar-refractivity contribution in [1.29, 1.82) is 0 Å². The normalized spacial score (nSPS) is 15.2. The highest BCUT2D eigenvalue weighted by atomic mass is 16.3. The summed E-state index contributed by atoms with van der Waals surface area (Å²) in [7, 11) is 0. The van der Waals surface area contributed by atoms with Crippen LogP contribution in [0.2, 0.25) is 0 Å². The van der Waals surface area contributed by atoms with E-state index in [9.17, 15) is 5.48 Å².